The molecule has 3 N–H and O–H groups in total. The summed E-state index contributed by atoms with van der Waals surface area (Å²) in [5.41, 5.74) is 5.58. The minimum Gasteiger partial charge on any atom is -0.476 e. The number of aromatic carboxylic acids is 1. The van der Waals surface area contributed by atoms with Crippen LogP contribution in [-0.4, -0.2) is 32.0 Å². The number of halogens is 1. The summed E-state index contributed by atoms with van der Waals surface area (Å²) in [6.45, 7) is -0.252. The van der Waals surface area contributed by atoms with Gasteiger partial charge in [-0.3, -0.25) is 4.79 Å². The molecule has 0 bridgehead atoms. The summed E-state index contributed by atoms with van der Waals surface area (Å²) >= 11 is 5.77. The van der Waals surface area contributed by atoms with Gasteiger partial charge in [0.15, 0.2) is 5.69 Å². The Bertz CT molecular complexity index is 636. The first kappa shape index (κ1) is 13.0. The van der Waals surface area contributed by atoms with Gasteiger partial charge in [-0.05, 0) is 12.1 Å². The van der Waals surface area contributed by atoms with Crippen molar-refractivity contribution >= 4 is 23.5 Å². The number of hydrogen-bond donors (Lipinski definition) is 2. The molecule has 0 aliphatic carbocycles. The smallest absolute Gasteiger partial charge is 0.358 e. The number of nitrogens with two attached hydrogens (primary N) is 1. The Labute approximate surface area is 112 Å². The molecule has 7 nitrogen and oxygen atoms in total. The van der Waals surface area contributed by atoms with Crippen molar-refractivity contribution in [3.8, 4) is 11.3 Å². The third kappa shape index (κ3) is 2.71. The van der Waals surface area contributed by atoms with Crippen molar-refractivity contribution < 1.29 is 14.7 Å². The van der Waals surface area contributed by atoms with Gasteiger partial charge < -0.3 is 10.8 Å². The number of benzene rings is 1. The van der Waals surface area contributed by atoms with Crippen molar-refractivity contribution in [1.82, 2.24) is 15.0 Å². The maximum absolute atomic E-state index is 11.1. The maximum Gasteiger partial charge on any atom is 0.358 e. The number of nitrogens with zero attached hydrogens (tertiary/aromatic N) is 3. The predicted octanol–water partition coefficient (Wildman–Crippen LogP) is 0.782. The number of amides is 1. The standard InChI is InChI=1S/C11H9ClN4O3/c12-7-3-1-6(2-4-7)10-9(11(18)19)14-15-16(10)5-8(13)17/h1-4H,5H2,(H2,13,17)(H,18,19). The van der Waals surface area contributed by atoms with Gasteiger partial charge in [-0.15, -0.1) is 5.10 Å². The lowest BCUT2D eigenvalue weighted by Crippen LogP contribution is -2.20. The molecule has 0 aliphatic rings. The topological polar surface area (TPSA) is 111 Å². The van der Waals surface area contributed by atoms with E-state index in [2.05, 4.69) is 10.3 Å². The Hall–Kier alpha value is -2.41. The number of carbonyl (C=O) groups excluding carboxylic acids is 1. The number of hydrogen-bond acceptors (Lipinski definition) is 4. The predicted molar refractivity (Wildman–Crippen MR) is 66.6 cm³/mol. The van der Waals surface area contributed by atoms with E-state index in [1.54, 1.807) is 24.3 Å². The van der Waals surface area contributed by atoms with Crippen LogP contribution in [-0.2, 0) is 11.3 Å². The summed E-state index contributed by atoms with van der Waals surface area (Å²) in [7, 11) is 0. The molecule has 0 aliphatic heterocycles. The van der Waals surface area contributed by atoms with E-state index in [1.807, 2.05) is 0 Å². The molecule has 8 heteroatoms. The number of aromatic nitrogens is 3. The zero-order chi connectivity index (χ0) is 14.0. The van der Waals surface area contributed by atoms with E-state index in [4.69, 9.17) is 22.4 Å². The molecule has 1 heterocycles. The summed E-state index contributed by atoms with van der Waals surface area (Å²) in [4.78, 5) is 22.1. The van der Waals surface area contributed by atoms with Crippen molar-refractivity contribution in [2.75, 3.05) is 0 Å². The highest BCUT2D eigenvalue weighted by Crippen LogP contribution is 2.24. The van der Waals surface area contributed by atoms with E-state index in [1.165, 1.54) is 0 Å². The first-order valence-electron chi connectivity index (χ1n) is 5.20. The van der Waals surface area contributed by atoms with Gasteiger partial charge in [0, 0.05) is 10.6 Å². The zero-order valence-corrected chi connectivity index (χ0v) is 10.3. The SMILES string of the molecule is NC(=O)Cn1nnc(C(=O)O)c1-c1ccc(Cl)cc1. The number of carbonyl (C=O) groups is 2. The number of carboxylic acid groups (broad SMARTS) is 1. The van der Waals surface area contributed by atoms with Crippen LogP contribution in [0.1, 0.15) is 10.5 Å². The van der Waals surface area contributed by atoms with E-state index >= 15 is 0 Å². The van der Waals surface area contributed by atoms with Crippen LogP contribution in [0.3, 0.4) is 0 Å². The summed E-state index contributed by atoms with van der Waals surface area (Å²) in [6, 6.07) is 6.43. The summed E-state index contributed by atoms with van der Waals surface area (Å²) < 4.78 is 1.15. The molecule has 0 unspecified atom stereocenters. The summed E-state index contributed by atoms with van der Waals surface area (Å²) in [5.74, 6) is -1.88. The lowest BCUT2D eigenvalue weighted by atomic mass is 10.1. The molecule has 0 atom stereocenters. The van der Waals surface area contributed by atoms with E-state index in [0.717, 1.165) is 4.68 Å². The molecule has 19 heavy (non-hydrogen) atoms. The molecule has 0 spiro atoms. The van der Waals surface area contributed by atoms with Crippen molar-refractivity contribution in [3.05, 3.63) is 35.0 Å². The fraction of sp³-hybridized carbons (Fsp3) is 0.0909. The minimum atomic E-state index is -1.24. The van der Waals surface area contributed by atoms with Gasteiger partial charge in [0.2, 0.25) is 5.91 Å². The monoisotopic (exact) mass is 280 g/mol. The second-order valence-corrected chi connectivity index (χ2v) is 4.16. The van der Waals surface area contributed by atoms with Crippen molar-refractivity contribution in [3.63, 3.8) is 0 Å². The lowest BCUT2D eigenvalue weighted by Gasteiger charge is -2.05. The van der Waals surface area contributed by atoms with Crippen LogP contribution in [0, 0.1) is 0 Å². The first-order chi connectivity index (χ1) is 8.99. The molecule has 2 aromatic rings. The average Bonchev–Trinajstić information content (AvgIpc) is 2.73. The van der Waals surface area contributed by atoms with Crippen molar-refractivity contribution in [2.45, 2.75) is 6.54 Å². The third-order valence-electron chi connectivity index (χ3n) is 2.36. The van der Waals surface area contributed by atoms with E-state index in [9.17, 15) is 9.59 Å². The van der Waals surface area contributed by atoms with Crippen LogP contribution < -0.4 is 5.73 Å². The molecule has 0 radical (unpaired) electrons. The second kappa shape index (κ2) is 5.07. The molecule has 1 amide bonds. The van der Waals surface area contributed by atoms with Crippen LogP contribution in [0.5, 0.6) is 0 Å². The molecule has 0 saturated heterocycles. The maximum atomic E-state index is 11.1. The average molecular weight is 281 g/mol. The van der Waals surface area contributed by atoms with Gasteiger partial charge in [-0.25, -0.2) is 9.48 Å². The molecule has 98 valence electrons. The highest BCUT2D eigenvalue weighted by atomic mass is 35.5. The Morgan fingerprint density at radius 1 is 1.32 bits per heavy atom. The van der Waals surface area contributed by atoms with Gasteiger partial charge in [-0.1, -0.05) is 28.9 Å². The lowest BCUT2D eigenvalue weighted by molar-refractivity contribution is -0.118. The number of primary amides is 1. The normalized spacial score (nSPS) is 10.4. The fourth-order valence-corrected chi connectivity index (χ4v) is 1.73. The van der Waals surface area contributed by atoms with Crippen molar-refractivity contribution in [1.29, 1.82) is 0 Å². The van der Waals surface area contributed by atoms with Gasteiger partial charge in [0.1, 0.15) is 12.2 Å². The summed E-state index contributed by atoms with van der Waals surface area (Å²) in [5, 5.41) is 16.7. The molecule has 0 saturated carbocycles. The minimum absolute atomic E-state index is 0.211. The Morgan fingerprint density at radius 3 is 2.47 bits per heavy atom. The quantitative estimate of drug-likeness (QED) is 0.860. The second-order valence-electron chi connectivity index (χ2n) is 3.72. The van der Waals surface area contributed by atoms with E-state index in [-0.39, 0.29) is 17.9 Å². The van der Waals surface area contributed by atoms with Crippen LogP contribution in [0.2, 0.25) is 5.02 Å². The van der Waals surface area contributed by atoms with Crippen LogP contribution in [0.4, 0.5) is 0 Å². The van der Waals surface area contributed by atoms with Crippen molar-refractivity contribution in [2.24, 2.45) is 5.73 Å². The van der Waals surface area contributed by atoms with E-state index in [0.29, 0.717) is 10.6 Å². The van der Waals surface area contributed by atoms with Crippen LogP contribution in [0.15, 0.2) is 24.3 Å². The number of rotatable bonds is 4. The van der Waals surface area contributed by atoms with Crippen LogP contribution >= 0.6 is 11.6 Å². The third-order valence-corrected chi connectivity index (χ3v) is 2.61. The van der Waals surface area contributed by atoms with Gasteiger partial charge in [0.25, 0.3) is 0 Å². The Balaban J connectivity index is 2.57. The zero-order valence-electron chi connectivity index (χ0n) is 9.58. The molecule has 2 rings (SSSR count). The molecular formula is C11H9ClN4O3. The van der Waals surface area contributed by atoms with Gasteiger partial charge in [0.05, 0.1) is 0 Å². The molecular weight excluding hydrogens is 272 g/mol. The highest BCUT2D eigenvalue weighted by molar-refractivity contribution is 6.30. The largest absolute Gasteiger partial charge is 0.476 e. The highest BCUT2D eigenvalue weighted by Gasteiger charge is 2.21. The van der Waals surface area contributed by atoms with Gasteiger partial charge in [-0.2, -0.15) is 0 Å². The Kier molecular flexibility index (Phi) is 3.48. The van der Waals surface area contributed by atoms with Gasteiger partial charge >= 0.3 is 5.97 Å². The Morgan fingerprint density at radius 2 is 1.95 bits per heavy atom. The molecule has 1 aromatic heterocycles. The first-order valence-corrected chi connectivity index (χ1v) is 5.58. The van der Waals surface area contributed by atoms with Crippen LogP contribution in [0.25, 0.3) is 11.3 Å². The number of carboxylic acids is 1. The van der Waals surface area contributed by atoms with E-state index < -0.39 is 11.9 Å². The molecule has 1 aromatic carbocycles. The fourth-order valence-electron chi connectivity index (χ4n) is 1.61. The summed E-state index contributed by atoms with van der Waals surface area (Å²) in [6.07, 6.45) is 0. The molecule has 0 fully saturated rings.